The molecule has 0 aliphatic carbocycles. The van der Waals surface area contributed by atoms with Crippen LogP contribution in [-0.2, 0) is 0 Å². The minimum absolute atomic E-state index is 0.0170. The van der Waals surface area contributed by atoms with Gasteiger partial charge in [-0.25, -0.2) is 5.43 Å². The lowest BCUT2D eigenvalue weighted by atomic mass is 10.1. The van der Waals surface area contributed by atoms with E-state index in [0.29, 0.717) is 0 Å². The van der Waals surface area contributed by atoms with Crippen LogP contribution in [-0.4, -0.2) is 0 Å². The van der Waals surface area contributed by atoms with E-state index >= 15 is 0 Å². The lowest BCUT2D eigenvalue weighted by molar-refractivity contribution is 0.554. The topological polar surface area (TPSA) is 51.2 Å². The summed E-state index contributed by atoms with van der Waals surface area (Å²) in [5, 5.41) is 2.10. The van der Waals surface area contributed by atoms with Gasteiger partial charge in [0.1, 0.15) is 0 Å². The predicted octanol–water partition coefficient (Wildman–Crippen LogP) is 3.11. The van der Waals surface area contributed by atoms with Gasteiger partial charge in [0.25, 0.3) is 0 Å². The van der Waals surface area contributed by atoms with Crippen molar-refractivity contribution in [3.8, 4) is 0 Å². The number of thiophene rings is 2. The Morgan fingerprint density at radius 3 is 2.94 bits per heavy atom. The summed E-state index contributed by atoms with van der Waals surface area (Å²) in [5.41, 5.74) is 3.88. The fourth-order valence-corrected chi connectivity index (χ4v) is 3.92. The van der Waals surface area contributed by atoms with Crippen molar-refractivity contribution in [2.45, 2.75) is 6.04 Å². The molecule has 0 amide bonds. The monoisotopic (exact) mass is 250 g/mol. The van der Waals surface area contributed by atoms with E-state index in [9.17, 15) is 0 Å². The summed E-state index contributed by atoms with van der Waals surface area (Å²) in [6.45, 7) is 0. The Balaban J connectivity index is 2.04. The van der Waals surface area contributed by atoms with Crippen LogP contribution in [0.25, 0.3) is 9.40 Å². The first-order chi connectivity index (χ1) is 7.88. The third-order valence-corrected chi connectivity index (χ3v) is 4.64. The molecule has 3 nitrogen and oxygen atoms in total. The van der Waals surface area contributed by atoms with Crippen molar-refractivity contribution < 1.29 is 4.42 Å². The molecule has 0 fully saturated rings. The maximum Gasteiger partial charge on any atom is 0.0954 e. The highest BCUT2D eigenvalue weighted by Gasteiger charge is 2.16. The van der Waals surface area contributed by atoms with Crippen LogP contribution in [0.4, 0.5) is 0 Å². The van der Waals surface area contributed by atoms with Crippen LogP contribution in [0.3, 0.4) is 0 Å². The second-order valence-corrected chi connectivity index (χ2v) is 5.52. The molecule has 3 rings (SSSR count). The van der Waals surface area contributed by atoms with Gasteiger partial charge in [-0.1, -0.05) is 0 Å². The number of nitrogens with two attached hydrogens (primary N) is 1. The van der Waals surface area contributed by atoms with Crippen molar-refractivity contribution in [1.82, 2.24) is 5.43 Å². The molecule has 3 aromatic heterocycles. The van der Waals surface area contributed by atoms with Crippen LogP contribution >= 0.6 is 22.7 Å². The molecule has 0 spiro atoms. The summed E-state index contributed by atoms with van der Waals surface area (Å²) in [6.07, 6.45) is 3.38. The first kappa shape index (κ1) is 10.0. The van der Waals surface area contributed by atoms with Crippen molar-refractivity contribution in [2.24, 2.45) is 5.84 Å². The van der Waals surface area contributed by atoms with Gasteiger partial charge in [0.15, 0.2) is 0 Å². The average Bonchev–Trinajstić information content (AvgIpc) is 2.91. The quantitative estimate of drug-likeness (QED) is 0.554. The Bertz CT molecular complexity index is 553. The van der Waals surface area contributed by atoms with Gasteiger partial charge < -0.3 is 4.42 Å². The largest absolute Gasteiger partial charge is 0.472 e. The molecule has 0 radical (unpaired) electrons. The summed E-state index contributed by atoms with van der Waals surface area (Å²) in [6, 6.07) is 6.26. The molecule has 0 aliphatic heterocycles. The molecule has 0 bridgehead atoms. The zero-order valence-electron chi connectivity index (χ0n) is 8.34. The minimum Gasteiger partial charge on any atom is -0.472 e. The Labute approximate surface area is 100 Å². The van der Waals surface area contributed by atoms with Crippen molar-refractivity contribution in [2.75, 3.05) is 0 Å². The molecule has 0 aliphatic rings. The molecule has 1 atom stereocenters. The summed E-state index contributed by atoms with van der Waals surface area (Å²) in [4.78, 5) is 1.21. The Morgan fingerprint density at radius 2 is 2.25 bits per heavy atom. The number of nitrogens with one attached hydrogen (secondary N) is 1. The van der Waals surface area contributed by atoms with Crippen LogP contribution in [0.1, 0.15) is 16.5 Å². The number of fused-ring (bicyclic) bond motifs is 1. The van der Waals surface area contributed by atoms with Crippen molar-refractivity contribution in [3.05, 3.63) is 46.5 Å². The van der Waals surface area contributed by atoms with E-state index in [2.05, 4.69) is 22.9 Å². The van der Waals surface area contributed by atoms with Gasteiger partial charge in [-0.3, -0.25) is 5.84 Å². The third kappa shape index (κ3) is 1.58. The molecule has 82 valence electrons. The summed E-state index contributed by atoms with van der Waals surface area (Å²) in [5.74, 6) is 5.60. The smallest absolute Gasteiger partial charge is 0.0954 e. The predicted molar refractivity (Wildman–Crippen MR) is 67.6 cm³/mol. The zero-order chi connectivity index (χ0) is 11.0. The molecule has 1 unspecified atom stereocenters. The summed E-state index contributed by atoms with van der Waals surface area (Å²) in [7, 11) is 0. The standard InChI is InChI=1S/C11H10N2OS2/c12-13-11(7-1-3-14-6-7)10-5-9-8(16-10)2-4-15-9/h1-6,11,13H,12H2. The van der Waals surface area contributed by atoms with E-state index in [4.69, 9.17) is 10.3 Å². The maximum atomic E-state index is 5.60. The number of rotatable bonds is 3. The fraction of sp³-hybridized carbons (Fsp3) is 0.0909. The van der Waals surface area contributed by atoms with Gasteiger partial charge in [-0.05, 0) is 23.6 Å². The third-order valence-electron chi connectivity index (χ3n) is 2.49. The molecule has 0 saturated carbocycles. The lowest BCUT2D eigenvalue weighted by Gasteiger charge is -2.11. The van der Waals surface area contributed by atoms with Gasteiger partial charge >= 0.3 is 0 Å². The molecule has 16 heavy (non-hydrogen) atoms. The van der Waals surface area contributed by atoms with E-state index in [1.54, 1.807) is 35.2 Å². The van der Waals surface area contributed by atoms with Crippen LogP contribution in [0.2, 0.25) is 0 Å². The van der Waals surface area contributed by atoms with E-state index in [-0.39, 0.29) is 6.04 Å². The molecule has 5 heteroatoms. The number of hydrogen-bond acceptors (Lipinski definition) is 5. The van der Waals surface area contributed by atoms with Crippen LogP contribution in [0, 0.1) is 0 Å². The molecular formula is C11H10N2OS2. The maximum absolute atomic E-state index is 5.60. The number of furan rings is 1. The fourth-order valence-electron chi connectivity index (χ4n) is 1.71. The molecular weight excluding hydrogens is 240 g/mol. The molecule has 0 aromatic carbocycles. The number of hydrogen-bond donors (Lipinski definition) is 2. The van der Waals surface area contributed by atoms with Gasteiger partial charge in [0.2, 0.25) is 0 Å². The Morgan fingerprint density at radius 1 is 1.31 bits per heavy atom. The number of hydrazine groups is 1. The highest BCUT2D eigenvalue weighted by Crippen LogP contribution is 2.35. The highest BCUT2D eigenvalue weighted by molar-refractivity contribution is 7.27. The molecule has 3 heterocycles. The van der Waals surface area contributed by atoms with Crippen LogP contribution < -0.4 is 11.3 Å². The SMILES string of the molecule is NNC(c1ccoc1)c1cc2sccc2s1. The zero-order valence-corrected chi connectivity index (χ0v) is 9.98. The normalized spacial score (nSPS) is 13.3. The van der Waals surface area contributed by atoms with Gasteiger partial charge in [-0.2, -0.15) is 0 Å². The van der Waals surface area contributed by atoms with Crippen LogP contribution in [0.15, 0.2) is 40.5 Å². The minimum atomic E-state index is 0.0170. The summed E-state index contributed by atoms with van der Waals surface area (Å²) < 4.78 is 7.70. The second-order valence-electron chi connectivity index (χ2n) is 3.45. The van der Waals surface area contributed by atoms with Crippen molar-refractivity contribution in [1.29, 1.82) is 0 Å². The second kappa shape index (κ2) is 4.03. The van der Waals surface area contributed by atoms with Crippen molar-refractivity contribution >= 4 is 32.1 Å². The first-order valence-corrected chi connectivity index (χ1v) is 6.53. The van der Waals surface area contributed by atoms with E-state index < -0.39 is 0 Å². The van der Waals surface area contributed by atoms with E-state index in [1.807, 2.05) is 6.07 Å². The highest BCUT2D eigenvalue weighted by atomic mass is 32.1. The first-order valence-electron chi connectivity index (χ1n) is 4.83. The molecule has 0 saturated heterocycles. The summed E-state index contributed by atoms with van der Waals surface area (Å²) >= 11 is 3.51. The van der Waals surface area contributed by atoms with Crippen LogP contribution in [0.5, 0.6) is 0 Å². The Kier molecular flexibility index (Phi) is 2.53. The van der Waals surface area contributed by atoms with E-state index in [0.717, 1.165) is 5.56 Å². The van der Waals surface area contributed by atoms with E-state index in [1.165, 1.54) is 14.3 Å². The van der Waals surface area contributed by atoms with Gasteiger partial charge in [0.05, 0.1) is 18.6 Å². The van der Waals surface area contributed by atoms with Gasteiger partial charge in [0, 0.05) is 19.8 Å². The lowest BCUT2D eigenvalue weighted by Crippen LogP contribution is -2.27. The Hall–Kier alpha value is -1.14. The molecule has 3 aromatic rings. The average molecular weight is 250 g/mol. The van der Waals surface area contributed by atoms with Crippen molar-refractivity contribution in [3.63, 3.8) is 0 Å². The molecule has 3 N–H and O–H groups in total. The van der Waals surface area contributed by atoms with Gasteiger partial charge in [-0.15, -0.1) is 22.7 Å².